The minimum absolute atomic E-state index is 0.466. The van der Waals surface area contributed by atoms with E-state index in [9.17, 15) is 5.11 Å². The van der Waals surface area contributed by atoms with E-state index >= 15 is 0 Å². The summed E-state index contributed by atoms with van der Waals surface area (Å²) in [6.45, 7) is 3.63. The maximum atomic E-state index is 10.0. The summed E-state index contributed by atoms with van der Waals surface area (Å²) in [5.41, 5.74) is 6.82. The van der Waals surface area contributed by atoms with Crippen molar-refractivity contribution >= 4 is 0 Å². The Labute approximate surface area is 95.2 Å². The van der Waals surface area contributed by atoms with E-state index in [4.69, 9.17) is 16.9 Å². The number of ether oxygens (including phenoxy) is 1. The van der Waals surface area contributed by atoms with E-state index in [2.05, 4.69) is 5.92 Å². The first-order valence-corrected chi connectivity index (χ1v) is 5.19. The van der Waals surface area contributed by atoms with Crippen molar-refractivity contribution in [1.82, 2.24) is 0 Å². The average molecular weight is 217 g/mol. The van der Waals surface area contributed by atoms with Crippen LogP contribution in [0.25, 0.3) is 0 Å². The highest BCUT2D eigenvalue weighted by Crippen LogP contribution is 2.38. The highest BCUT2D eigenvalue weighted by Gasteiger charge is 2.41. The maximum absolute atomic E-state index is 10.0. The number of benzene rings is 1. The molecule has 2 rings (SSSR count). The van der Waals surface area contributed by atoms with Gasteiger partial charge in [0.15, 0.2) is 0 Å². The Morgan fingerprint density at radius 1 is 1.50 bits per heavy atom. The van der Waals surface area contributed by atoms with Gasteiger partial charge in [-0.05, 0) is 32.0 Å². The molecule has 84 valence electrons. The number of rotatable bonds is 0. The van der Waals surface area contributed by atoms with Gasteiger partial charge in [0.25, 0.3) is 0 Å². The Kier molecular flexibility index (Phi) is 2.42. The second-order valence-corrected chi connectivity index (χ2v) is 4.57. The zero-order valence-electron chi connectivity index (χ0n) is 9.40. The summed E-state index contributed by atoms with van der Waals surface area (Å²) in [4.78, 5) is 0. The van der Waals surface area contributed by atoms with Crippen molar-refractivity contribution in [3.63, 3.8) is 0 Å². The van der Waals surface area contributed by atoms with Crippen molar-refractivity contribution in [1.29, 1.82) is 0 Å². The molecule has 0 saturated carbocycles. The Morgan fingerprint density at radius 3 is 2.81 bits per heavy atom. The predicted octanol–water partition coefficient (Wildman–Crippen LogP) is 1.20. The van der Waals surface area contributed by atoms with Crippen LogP contribution in [0.5, 0.6) is 5.75 Å². The molecule has 1 aromatic rings. The van der Waals surface area contributed by atoms with Crippen LogP contribution >= 0.6 is 0 Å². The smallest absolute Gasteiger partial charge is 0.131 e. The van der Waals surface area contributed by atoms with Crippen molar-refractivity contribution in [2.75, 3.05) is 0 Å². The molecule has 3 heteroatoms. The molecule has 2 atom stereocenters. The SMILES string of the molecule is C#Cc1ccc2c(c1)C(N)C(O)C(C)(C)O2. The number of hydrogen-bond acceptors (Lipinski definition) is 3. The first kappa shape index (κ1) is 11.0. The van der Waals surface area contributed by atoms with Gasteiger partial charge in [-0.3, -0.25) is 0 Å². The molecule has 3 N–H and O–H groups in total. The van der Waals surface area contributed by atoms with Gasteiger partial charge in [-0.2, -0.15) is 0 Å². The van der Waals surface area contributed by atoms with Crippen LogP contribution in [-0.4, -0.2) is 16.8 Å². The second-order valence-electron chi connectivity index (χ2n) is 4.57. The monoisotopic (exact) mass is 217 g/mol. The molecule has 0 radical (unpaired) electrons. The largest absolute Gasteiger partial charge is 0.485 e. The predicted molar refractivity (Wildman–Crippen MR) is 62.0 cm³/mol. The molecule has 3 nitrogen and oxygen atoms in total. The van der Waals surface area contributed by atoms with Crippen LogP contribution in [0.2, 0.25) is 0 Å². The highest BCUT2D eigenvalue weighted by atomic mass is 16.5. The van der Waals surface area contributed by atoms with Gasteiger partial charge in [0.05, 0.1) is 6.04 Å². The summed E-state index contributed by atoms with van der Waals surface area (Å²) in [6, 6.07) is 4.93. The van der Waals surface area contributed by atoms with Crippen LogP contribution in [0, 0.1) is 12.3 Å². The standard InChI is InChI=1S/C13H15NO2/c1-4-8-5-6-10-9(7-8)11(14)12(15)13(2,3)16-10/h1,5-7,11-12,15H,14H2,2-3H3. The Balaban J connectivity index is 2.52. The number of nitrogens with two attached hydrogens (primary N) is 1. The van der Waals surface area contributed by atoms with Crippen molar-refractivity contribution in [2.45, 2.75) is 31.6 Å². The number of hydrogen-bond donors (Lipinski definition) is 2. The second kappa shape index (κ2) is 3.51. The third kappa shape index (κ3) is 1.57. The zero-order chi connectivity index (χ0) is 11.9. The van der Waals surface area contributed by atoms with Gasteiger partial charge in [0.1, 0.15) is 17.5 Å². The molecule has 2 unspecified atom stereocenters. The van der Waals surface area contributed by atoms with Gasteiger partial charge in [0.2, 0.25) is 0 Å². The molecule has 1 aliphatic rings. The van der Waals surface area contributed by atoms with Crippen LogP contribution in [0.1, 0.15) is 31.0 Å². The third-order valence-corrected chi connectivity index (χ3v) is 2.96. The number of aliphatic hydroxyl groups excluding tert-OH is 1. The van der Waals surface area contributed by atoms with Crippen molar-refractivity contribution in [2.24, 2.45) is 5.73 Å². The van der Waals surface area contributed by atoms with Crippen molar-refractivity contribution in [3.05, 3.63) is 29.3 Å². The van der Waals surface area contributed by atoms with Gasteiger partial charge in [0, 0.05) is 11.1 Å². The van der Waals surface area contributed by atoms with E-state index in [1.165, 1.54) is 0 Å². The Morgan fingerprint density at radius 2 is 2.19 bits per heavy atom. The van der Waals surface area contributed by atoms with Gasteiger partial charge in [-0.15, -0.1) is 6.42 Å². The van der Waals surface area contributed by atoms with Crippen LogP contribution in [0.3, 0.4) is 0 Å². The quantitative estimate of drug-likeness (QED) is 0.642. The highest BCUT2D eigenvalue weighted by molar-refractivity contribution is 5.47. The summed E-state index contributed by atoms with van der Waals surface area (Å²) < 4.78 is 5.70. The Hall–Kier alpha value is -1.50. The fourth-order valence-corrected chi connectivity index (χ4v) is 1.94. The molecule has 1 aromatic carbocycles. The minimum Gasteiger partial charge on any atom is -0.485 e. The molecule has 0 fully saturated rings. The van der Waals surface area contributed by atoms with E-state index in [1.54, 1.807) is 18.2 Å². The molecule has 0 aliphatic carbocycles. The number of terminal acetylenes is 1. The summed E-state index contributed by atoms with van der Waals surface area (Å²) >= 11 is 0. The molecular formula is C13H15NO2. The summed E-state index contributed by atoms with van der Waals surface area (Å²) in [5.74, 6) is 3.24. The van der Waals surface area contributed by atoms with Gasteiger partial charge in [-0.1, -0.05) is 5.92 Å². The lowest BCUT2D eigenvalue weighted by atomic mass is 9.86. The van der Waals surface area contributed by atoms with Crippen LogP contribution < -0.4 is 10.5 Å². The number of aliphatic hydroxyl groups is 1. The van der Waals surface area contributed by atoms with E-state index in [1.807, 2.05) is 13.8 Å². The van der Waals surface area contributed by atoms with E-state index in [0.717, 1.165) is 11.1 Å². The third-order valence-electron chi connectivity index (χ3n) is 2.96. The molecule has 1 heterocycles. The van der Waals surface area contributed by atoms with Crippen LogP contribution in [-0.2, 0) is 0 Å². The fourth-order valence-electron chi connectivity index (χ4n) is 1.94. The summed E-state index contributed by atoms with van der Waals surface area (Å²) in [7, 11) is 0. The molecule has 0 aromatic heterocycles. The molecule has 0 saturated heterocycles. The molecule has 0 amide bonds. The lowest BCUT2D eigenvalue weighted by Crippen LogP contribution is -2.51. The summed E-state index contributed by atoms with van der Waals surface area (Å²) in [6.07, 6.45) is 4.58. The van der Waals surface area contributed by atoms with Crippen LogP contribution in [0.4, 0.5) is 0 Å². The minimum atomic E-state index is -0.743. The molecular weight excluding hydrogens is 202 g/mol. The topological polar surface area (TPSA) is 55.5 Å². The van der Waals surface area contributed by atoms with Gasteiger partial charge < -0.3 is 15.6 Å². The van der Waals surface area contributed by atoms with E-state index in [-0.39, 0.29) is 0 Å². The van der Waals surface area contributed by atoms with Gasteiger partial charge >= 0.3 is 0 Å². The van der Waals surface area contributed by atoms with E-state index in [0.29, 0.717) is 5.75 Å². The van der Waals surface area contributed by atoms with Gasteiger partial charge in [-0.25, -0.2) is 0 Å². The summed E-state index contributed by atoms with van der Waals surface area (Å²) in [5, 5.41) is 10.0. The lowest BCUT2D eigenvalue weighted by molar-refractivity contribution is -0.0571. The first-order valence-electron chi connectivity index (χ1n) is 5.19. The number of fused-ring (bicyclic) bond motifs is 1. The molecule has 0 bridgehead atoms. The first-order chi connectivity index (χ1) is 7.45. The normalized spacial score (nSPS) is 26.4. The molecule has 16 heavy (non-hydrogen) atoms. The molecule has 1 aliphatic heterocycles. The average Bonchev–Trinajstić information content (AvgIpc) is 2.25. The van der Waals surface area contributed by atoms with Crippen molar-refractivity contribution < 1.29 is 9.84 Å². The van der Waals surface area contributed by atoms with E-state index < -0.39 is 17.7 Å². The van der Waals surface area contributed by atoms with Crippen LogP contribution in [0.15, 0.2) is 18.2 Å². The molecule has 0 spiro atoms. The maximum Gasteiger partial charge on any atom is 0.131 e. The zero-order valence-corrected chi connectivity index (χ0v) is 9.40. The van der Waals surface area contributed by atoms with Crippen molar-refractivity contribution in [3.8, 4) is 18.1 Å². The fraction of sp³-hybridized carbons (Fsp3) is 0.385. The Bertz CT molecular complexity index is 459. The lowest BCUT2D eigenvalue weighted by Gasteiger charge is -2.40.